The second kappa shape index (κ2) is 7.69. The van der Waals surface area contributed by atoms with Crippen LogP contribution >= 0.6 is 11.3 Å². The van der Waals surface area contributed by atoms with E-state index in [0.29, 0.717) is 22.5 Å². The fraction of sp³-hybridized carbons (Fsp3) is 0.100. The molecule has 28 heavy (non-hydrogen) atoms. The third kappa shape index (κ3) is 3.96. The summed E-state index contributed by atoms with van der Waals surface area (Å²) in [4.78, 5) is 34.0. The van der Waals surface area contributed by atoms with Gasteiger partial charge in [0.15, 0.2) is 5.13 Å². The van der Waals surface area contributed by atoms with Gasteiger partial charge in [0.1, 0.15) is 12.4 Å². The minimum absolute atomic E-state index is 0.157. The molecule has 0 bridgehead atoms. The number of carbonyl (C=O) groups excluding carboxylic acids is 1. The SMILES string of the molecule is O=C(Cn1cnc2ccccc2c1=O)Nc1ncc(Cc2cccc(F)c2)s1. The van der Waals surface area contributed by atoms with E-state index in [0.717, 1.165) is 10.4 Å². The molecule has 140 valence electrons. The summed E-state index contributed by atoms with van der Waals surface area (Å²) in [5, 5.41) is 3.58. The van der Waals surface area contributed by atoms with E-state index in [9.17, 15) is 14.0 Å². The van der Waals surface area contributed by atoms with E-state index in [-0.39, 0.29) is 23.8 Å². The fourth-order valence-electron chi connectivity index (χ4n) is 2.83. The van der Waals surface area contributed by atoms with Gasteiger partial charge in [-0.25, -0.2) is 14.4 Å². The first-order valence-electron chi connectivity index (χ1n) is 8.52. The monoisotopic (exact) mass is 394 g/mol. The minimum Gasteiger partial charge on any atom is -0.300 e. The lowest BCUT2D eigenvalue weighted by atomic mass is 10.1. The van der Waals surface area contributed by atoms with Gasteiger partial charge in [0.2, 0.25) is 5.91 Å². The van der Waals surface area contributed by atoms with Crippen molar-refractivity contribution in [1.29, 1.82) is 0 Å². The quantitative estimate of drug-likeness (QED) is 0.564. The maximum atomic E-state index is 13.3. The number of anilines is 1. The first kappa shape index (κ1) is 18.0. The number of hydrogen-bond donors (Lipinski definition) is 1. The molecule has 0 spiro atoms. The van der Waals surface area contributed by atoms with Crippen molar-refractivity contribution in [3.05, 3.63) is 87.7 Å². The Morgan fingerprint density at radius 3 is 2.86 bits per heavy atom. The van der Waals surface area contributed by atoms with Crippen LogP contribution in [0.2, 0.25) is 0 Å². The number of rotatable bonds is 5. The van der Waals surface area contributed by atoms with Crippen LogP contribution in [0.1, 0.15) is 10.4 Å². The second-order valence-corrected chi connectivity index (χ2v) is 7.30. The Morgan fingerprint density at radius 1 is 1.14 bits per heavy atom. The highest BCUT2D eigenvalue weighted by atomic mass is 32.1. The molecular formula is C20H15FN4O2S. The van der Waals surface area contributed by atoms with Crippen molar-refractivity contribution in [2.45, 2.75) is 13.0 Å². The molecule has 0 fully saturated rings. The van der Waals surface area contributed by atoms with Crippen LogP contribution < -0.4 is 10.9 Å². The summed E-state index contributed by atoms with van der Waals surface area (Å²) < 4.78 is 14.5. The largest absolute Gasteiger partial charge is 0.300 e. The molecule has 4 rings (SSSR count). The summed E-state index contributed by atoms with van der Waals surface area (Å²) in [7, 11) is 0. The van der Waals surface area contributed by atoms with Gasteiger partial charge in [0.25, 0.3) is 5.56 Å². The van der Waals surface area contributed by atoms with Gasteiger partial charge < -0.3 is 5.32 Å². The number of nitrogens with one attached hydrogen (secondary N) is 1. The van der Waals surface area contributed by atoms with E-state index < -0.39 is 0 Å². The Kier molecular flexibility index (Phi) is 4.94. The van der Waals surface area contributed by atoms with Crippen molar-refractivity contribution >= 4 is 33.3 Å². The van der Waals surface area contributed by atoms with E-state index >= 15 is 0 Å². The third-order valence-electron chi connectivity index (χ3n) is 4.11. The molecule has 1 N–H and O–H groups in total. The Balaban J connectivity index is 1.44. The molecule has 0 atom stereocenters. The van der Waals surface area contributed by atoms with Crippen molar-refractivity contribution in [3.8, 4) is 0 Å². The van der Waals surface area contributed by atoms with Gasteiger partial charge in [-0.15, -0.1) is 11.3 Å². The van der Waals surface area contributed by atoms with Crippen molar-refractivity contribution in [1.82, 2.24) is 14.5 Å². The van der Waals surface area contributed by atoms with E-state index in [2.05, 4.69) is 15.3 Å². The summed E-state index contributed by atoms with van der Waals surface area (Å²) in [6, 6.07) is 13.3. The number of carbonyl (C=O) groups is 1. The third-order valence-corrected chi connectivity index (χ3v) is 5.03. The molecule has 0 unspecified atom stereocenters. The maximum Gasteiger partial charge on any atom is 0.261 e. The molecule has 2 aromatic heterocycles. The van der Waals surface area contributed by atoms with Gasteiger partial charge in [-0.05, 0) is 29.8 Å². The lowest BCUT2D eigenvalue weighted by molar-refractivity contribution is -0.116. The number of nitrogens with zero attached hydrogens (tertiary/aromatic N) is 3. The zero-order chi connectivity index (χ0) is 19.5. The normalized spacial score (nSPS) is 10.9. The van der Waals surface area contributed by atoms with Crippen molar-refractivity contribution < 1.29 is 9.18 Å². The van der Waals surface area contributed by atoms with Gasteiger partial charge in [0.05, 0.1) is 17.2 Å². The van der Waals surface area contributed by atoms with E-state index in [1.807, 2.05) is 6.07 Å². The second-order valence-electron chi connectivity index (χ2n) is 6.18. The highest BCUT2D eigenvalue weighted by Gasteiger charge is 2.11. The lowest BCUT2D eigenvalue weighted by Gasteiger charge is -2.06. The molecule has 0 saturated heterocycles. The standard InChI is InChI=1S/C20H15FN4O2S/c21-14-5-3-4-13(8-14)9-15-10-22-20(28-15)24-18(26)11-25-12-23-17-7-2-1-6-16(17)19(25)27/h1-8,10,12H,9,11H2,(H,22,24,26). The van der Waals surface area contributed by atoms with Crippen molar-refractivity contribution in [3.63, 3.8) is 0 Å². The molecule has 0 aliphatic heterocycles. The molecule has 1 amide bonds. The number of benzene rings is 2. The average molecular weight is 394 g/mol. The maximum absolute atomic E-state index is 13.3. The first-order chi connectivity index (χ1) is 13.6. The predicted octanol–water partition coefficient (Wildman–Crippen LogP) is 3.22. The fourth-order valence-corrected chi connectivity index (χ4v) is 3.69. The van der Waals surface area contributed by atoms with Crippen LogP contribution in [0.5, 0.6) is 0 Å². The van der Waals surface area contributed by atoms with Crippen LogP contribution in [0.15, 0.2) is 65.8 Å². The predicted molar refractivity (Wildman–Crippen MR) is 106 cm³/mol. The molecule has 0 radical (unpaired) electrons. The number of halogens is 1. The molecule has 6 nitrogen and oxygen atoms in total. The van der Waals surface area contributed by atoms with Crippen LogP contribution in [0.3, 0.4) is 0 Å². The molecule has 4 aromatic rings. The van der Waals surface area contributed by atoms with Crippen LogP contribution in [-0.2, 0) is 17.8 Å². The van der Waals surface area contributed by atoms with E-state index in [4.69, 9.17) is 0 Å². The molecule has 2 aromatic carbocycles. The first-order valence-corrected chi connectivity index (χ1v) is 9.33. The Labute approximate surface area is 163 Å². The zero-order valence-corrected chi connectivity index (χ0v) is 15.4. The number of para-hydroxylation sites is 1. The van der Waals surface area contributed by atoms with Gasteiger partial charge in [-0.3, -0.25) is 14.2 Å². The number of fused-ring (bicyclic) bond motifs is 1. The van der Waals surface area contributed by atoms with Crippen LogP contribution in [-0.4, -0.2) is 20.4 Å². The van der Waals surface area contributed by atoms with E-state index in [1.165, 1.54) is 34.4 Å². The van der Waals surface area contributed by atoms with Crippen molar-refractivity contribution in [2.75, 3.05) is 5.32 Å². The zero-order valence-electron chi connectivity index (χ0n) is 14.6. The smallest absolute Gasteiger partial charge is 0.261 e. The van der Waals surface area contributed by atoms with Crippen LogP contribution in [0.4, 0.5) is 9.52 Å². The minimum atomic E-state index is -0.370. The summed E-state index contributed by atoms with van der Waals surface area (Å²) in [6.07, 6.45) is 3.54. The van der Waals surface area contributed by atoms with Gasteiger partial charge in [0, 0.05) is 17.5 Å². The molecule has 0 aliphatic rings. The number of aromatic nitrogens is 3. The summed E-state index contributed by atoms with van der Waals surface area (Å²) in [5.74, 6) is -0.657. The molecule has 2 heterocycles. The molecular weight excluding hydrogens is 379 g/mol. The van der Waals surface area contributed by atoms with Gasteiger partial charge in [-0.1, -0.05) is 24.3 Å². The molecule has 8 heteroatoms. The topological polar surface area (TPSA) is 76.9 Å². The Morgan fingerprint density at radius 2 is 2.00 bits per heavy atom. The number of thiazole rings is 1. The van der Waals surface area contributed by atoms with Crippen LogP contribution in [0.25, 0.3) is 10.9 Å². The average Bonchev–Trinajstić information content (AvgIpc) is 3.11. The number of hydrogen-bond acceptors (Lipinski definition) is 5. The Hall–Kier alpha value is -3.39. The highest BCUT2D eigenvalue weighted by Crippen LogP contribution is 2.21. The highest BCUT2D eigenvalue weighted by molar-refractivity contribution is 7.15. The van der Waals surface area contributed by atoms with Crippen molar-refractivity contribution in [2.24, 2.45) is 0 Å². The van der Waals surface area contributed by atoms with Crippen LogP contribution in [0, 0.1) is 5.82 Å². The summed E-state index contributed by atoms with van der Waals surface area (Å²) in [6.45, 7) is -0.157. The summed E-state index contributed by atoms with van der Waals surface area (Å²) in [5.41, 5.74) is 1.15. The van der Waals surface area contributed by atoms with Gasteiger partial charge >= 0.3 is 0 Å². The lowest BCUT2D eigenvalue weighted by Crippen LogP contribution is -2.27. The molecule has 0 saturated carbocycles. The number of amides is 1. The van der Waals surface area contributed by atoms with E-state index in [1.54, 1.807) is 36.5 Å². The Bertz CT molecular complexity index is 1220. The summed E-state index contributed by atoms with van der Waals surface area (Å²) >= 11 is 1.31. The van der Waals surface area contributed by atoms with Gasteiger partial charge in [-0.2, -0.15) is 0 Å². The molecule has 0 aliphatic carbocycles.